The highest BCUT2D eigenvalue weighted by molar-refractivity contribution is 6.03. The largest absolute Gasteiger partial charge is 0.321 e. The lowest BCUT2D eigenvalue weighted by Gasteiger charge is -2.04. The van der Waals surface area contributed by atoms with Crippen molar-refractivity contribution in [2.75, 3.05) is 5.32 Å². The van der Waals surface area contributed by atoms with Crippen molar-refractivity contribution in [2.45, 2.75) is 20.8 Å². The van der Waals surface area contributed by atoms with Gasteiger partial charge in [-0.2, -0.15) is 10.2 Å². The Morgan fingerprint density at radius 1 is 1.25 bits per heavy atom. The maximum absolute atomic E-state index is 13.6. The molecule has 0 fully saturated rings. The average Bonchev–Trinajstić information content (AvgIpc) is 3.09. The lowest BCUT2D eigenvalue weighted by atomic mass is 10.1. The normalized spacial score (nSPS) is 10.9. The summed E-state index contributed by atoms with van der Waals surface area (Å²) in [4.78, 5) is 12.3. The molecule has 1 amide bonds. The fourth-order valence-electron chi connectivity index (χ4n) is 2.58. The first-order chi connectivity index (χ1) is 11.4. The van der Waals surface area contributed by atoms with Gasteiger partial charge in [-0.15, -0.1) is 0 Å². The summed E-state index contributed by atoms with van der Waals surface area (Å²) in [6.45, 7) is 5.51. The van der Waals surface area contributed by atoms with E-state index in [0.717, 1.165) is 17.0 Å². The quantitative estimate of drug-likeness (QED) is 0.776. The Morgan fingerprint density at radius 2 is 2.00 bits per heavy atom. The highest BCUT2D eigenvalue weighted by atomic mass is 19.1. The van der Waals surface area contributed by atoms with Crippen LogP contribution in [0.3, 0.4) is 0 Å². The molecule has 124 valence electrons. The number of hydrogen-bond donors (Lipinski definition) is 2. The third-order valence-electron chi connectivity index (χ3n) is 4.02. The summed E-state index contributed by atoms with van der Waals surface area (Å²) in [5, 5.41) is 13.9. The second-order valence-electron chi connectivity index (χ2n) is 5.75. The summed E-state index contributed by atoms with van der Waals surface area (Å²) in [5.41, 5.74) is 4.58. The molecule has 0 aliphatic carbocycles. The van der Waals surface area contributed by atoms with Crippen LogP contribution in [-0.2, 0) is 7.05 Å². The lowest BCUT2D eigenvalue weighted by Crippen LogP contribution is -2.12. The number of rotatable bonds is 3. The molecule has 0 aliphatic heterocycles. The highest BCUT2D eigenvalue weighted by Crippen LogP contribution is 2.25. The number of aromatic nitrogens is 4. The van der Waals surface area contributed by atoms with Crippen LogP contribution >= 0.6 is 0 Å². The number of carbonyl (C=O) groups excluding carboxylic acids is 1. The number of aromatic amines is 1. The van der Waals surface area contributed by atoms with Crippen LogP contribution in [0.25, 0.3) is 11.3 Å². The van der Waals surface area contributed by atoms with Crippen molar-refractivity contribution in [2.24, 2.45) is 7.05 Å². The predicted octanol–water partition coefficient (Wildman–Crippen LogP) is 3.13. The third-order valence-corrected chi connectivity index (χ3v) is 4.02. The van der Waals surface area contributed by atoms with Crippen LogP contribution in [0.4, 0.5) is 10.1 Å². The number of aryl methyl sites for hydroxylation is 3. The van der Waals surface area contributed by atoms with Crippen LogP contribution in [-0.4, -0.2) is 25.9 Å². The van der Waals surface area contributed by atoms with Gasteiger partial charge in [0.2, 0.25) is 0 Å². The molecule has 2 heterocycles. The molecule has 0 radical (unpaired) electrons. The molecule has 24 heavy (non-hydrogen) atoms. The molecule has 0 unspecified atom stereocenters. The zero-order valence-corrected chi connectivity index (χ0v) is 13.9. The molecular formula is C17H18FN5O. The van der Waals surface area contributed by atoms with Gasteiger partial charge >= 0.3 is 0 Å². The fraction of sp³-hybridized carbons (Fsp3) is 0.235. The minimum atomic E-state index is -0.379. The minimum Gasteiger partial charge on any atom is -0.321 e. The number of H-pyrrole nitrogens is 1. The standard InChI is InChI=1S/C17H18FN5O/c1-9-5-6-12(7-13(9)18)19-17(24)15-8-14(20-21-15)16-10(2)22-23(4)11(16)3/h5-8H,1-4H3,(H,19,24)(H,20,21). The maximum atomic E-state index is 13.6. The zero-order valence-electron chi connectivity index (χ0n) is 13.9. The summed E-state index contributed by atoms with van der Waals surface area (Å²) >= 11 is 0. The van der Waals surface area contributed by atoms with Crippen molar-refractivity contribution >= 4 is 11.6 Å². The summed E-state index contributed by atoms with van der Waals surface area (Å²) < 4.78 is 15.3. The SMILES string of the molecule is Cc1ccc(NC(=O)c2cc(-c3c(C)nn(C)c3C)n[nH]2)cc1F. The number of nitrogens with zero attached hydrogens (tertiary/aromatic N) is 3. The lowest BCUT2D eigenvalue weighted by molar-refractivity contribution is 0.102. The second-order valence-corrected chi connectivity index (χ2v) is 5.75. The molecule has 7 heteroatoms. The van der Waals surface area contributed by atoms with E-state index in [-0.39, 0.29) is 11.7 Å². The molecular weight excluding hydrogens is 309 g/mol. The Balaban J connectivity index is 1.84. The molecule has 0 saturated heterocycles. The Bertz CT molecular complexity index is 925. The van der Waals surface area contributed by atoms with Crippen molar-refractivity contribution in [3.05, 3.63) is 52.7 Å². The zero-order chi connectivity index (χ0) is 17.4. The topological polar surface area (TPSA) is 75.6 Å². The number of nitrogens with one attached hydrogen (secondary N) is 2. The van der Waals surface area contributed by atoms with Crippen molar-refractivity contribution in [1.82, 2.24) is 20.0 Å². The molecule has 0 atom stereocenters. The number of benzene rings is 1. The van der Waals surface area contributed by atoms with Gasteiger partial charge in [-0.3, -0.25) is 14.6 Å². The number of carbonyl (C=O) groups is 1. The van der Waals surface area contributed by atoms with E-state index < -0.39 is 0 Å². The Labute approximate surface area is 138 Å². The van der Waals surface area contributed by atoms with Crippen molar-refractivity contribution < 1.29 is 9.18 Å². The van der Waals surface area contributed by atoms with Gasteiger partial charge in [-0.25, -0.2) is 4.39 Å². The monoisotopic (exact) mass is 327 g/mol. The van der Waals surface area contributed by atoms with Gasteiger partial charge in [0.15, 0.2) is 0 Å². The van der Waals surface area contributed by atoms with Crippen LogP contribution < -0.4 is 5.32 Å². The third kappa shape index (κ3) is 2.80. The number of hydrogen-bond acceptors (Lipinski definition) is 3. The Morgan fingerprint density at radius 3 is 2.62 bits per heavy atom. The number of anilines is 1. The van der Waals surface area contributed by atoms with E-state index in [1.807, 2.05) is 20.9 Å². The van der Waals surface area contributed by atoms with Gasteiger partial charge in [-0.1, -0.05) is 6.07 Å². The van der Waals surface area contributed by atoms with E-state index in [2.05, 4.69) is 20.6 Å². The molecule has 3 rings (SSSR count). The highest BCUT2D eigenvalue weighted by Gasteiger charge is 2.17. The Hall–Kier alpha value is -2.96. The van der Waals surface area contributed by atoms with E-state index >= 15 is 0 Å². The van der Waals surface area contributed by atoms with Gasteiger partial charge in [0, 0.05) is 24.0 Å². The second kappa shape index (κ2) is 5.92. The predicted molar refractivity (Wildman–Crippen MR) is 89.4 cm³/mol. The molecule has 0 aliphatic rings. The van der Waals surface area contributed by atoms with Crippen LogP contribution in [0.15, 0.2) is 24.3 Å². The van der Waals surface area contributed by atoms with Crippen LogP contribution in [0.2, 0.25) is 0 Å². The van der Waals surface area contributed by atoms with E-state index in [9.17, 15) is 9.18 Å². The first-order valence-corrected chi connectivity index (χ1v) is 7.50. The number of halogens is 1. The molecule has 0 bridgehead atoms. The van der Waals surface area contributed by atoms with Crippen molar-refractivity contribution in [1.29, 1.82) is 0 Å². The molecule has 0 spiro atoms. The van der Waals surface area contributed by atoms with Crippen LogP contribution in [0, 0.1) is 26.6 Å². The molecule has 6 nitrogen and oxygen atoms in total. The summed E-state index contributed by atoms with van der Waals surface area (Å²) in [6.07, 6.45) is 0. The smallest absolute Gasteiger partial charge is 0.273 e. The fourth-order valence-corrected chi connectivity index (χ4v) is 2.58. The van der Waals surface area contributed by atoms with Crippen molar-refractivity contribution in [3.63, 3.8) is 0 Å². The van der Waals surface area contributed by atoms with Crippen molar-refractivity contribution in [3.8, 4) is 11.3 Å². The molecule has 2 aromatic heterocycles. The van der Waals surface area contributed by atoms with E-state index in [4.69, 9.17) is 0 Å². The first-order valence-electron chi connectivity index (χ1n) is 7.50. The molecule has 0 saturated carbocycles. The van der Waals surface area contributed by atoms with Gasteiger partial charge in [0.1, 0.15) is 11.5 Å². The summed E-state index contributed by atoms with van der Waals surface area (Å²) in [6, 6.07) is 6.23. The number of amides is 1. The first kappa shape index (κ1) is 15.9. The summed E-state index contributed by atoms with van der Waals surface area (Å²) in [7, 11) is 1.86. The van der Waals surface area contributed by atoms with Gasteiger partial charge < -0.3 is 5.32 Å². The van der Waals surface area contributed by atoms with Crippen LogP contribution in [0.1, 0.15) is 27.4 Å². The summed E-state index contributed by atoms with van der Waals surface area (Å²) in [5.74, 6) is -0.740. The molecule has 3 aromatic rings. The maximum Gasteiger partial charge on any atom is 0.273 e. The molecule has 1 aromatic carbocycles. The van der Waals surface area contributed by atoms with Gasteiger partial charge in [0.05, 0.1) is 11.4 Å². The van der Waals surface area contributed by atoms with Gasteiger partial charge in [0.25, 0.3) is 5.91 Å². The Kier molecular flexibility index (Phi) is 3.92. The van der Waals surface area contributed by atoms with Crippen LogP contribution in [0.5, 0.6) is 0 Å². The van der Waals surface area contributed by atoms with Gasteiger partial charge in [-0.05, 0) is 44.5 Å². The van der Waals surface area contributed by atoms with E-state index in [1.54, 1.807) is 29.8 Å². The minimum absolute atomic E-state index is 0.300. The van der Waals surface area contributed by atoms with E-state index in [0.29, 0.717) is 22.6 Å². The average molecular weight is 327 g/mol. The molecule has 2 N–H and O–H groups in total. The van der Waals surface area contributed by atoms with E-state index in [1.165, 1.54) is 6.07 Å².